The summed E-state index contributed by atoms with van der Waals surface area (Å²) in [7, 11) is 0. The van der Waals surface area contributed by atoms with Crippen LogP contribution in [-0.4, -0.2) is 19.9 Å². The number of allylic oxidation sites excluding steroid dienone is 1. The van der Waals surface area contributed by atoms with E-state index in [0.29, 0.717) is 29.1 Å². The first-order valence-corrected chi connectivity index (χ1v) is 5.87. The van der Waals surface area contributed by atoms with Crippen LogP contribution in [0.3, 0.4) is 0 Å². The molecule has 0 bridgehead atoms. The van der Waals surface area contributed by atoms with Crippen molar-refractivity contribution in [3.8, 4) is 0 Å². The molecule has 94 valence electrons. The summed E-state index contributed by atoms with van der Waals surface area (Å²) in [6.45, 7) is 4.27. The Balaban J connectivity index is 2.16. The second kappa shape index (κ2) is 5.58. The van der Waals surface area contributed by atoms with Crippen LogP contribution in [-0.2, 0) is 13.1 Å². The van der Waals surface area contributed by atoms with Gasteiger partial charge in [0.05, 0.1) is 25.0 Å². The van der Waals surface area contributed by atoms with Crippen molar-refractivity contribution >= 4 is 21.6 Å². The lowest BCUT2D eigenvalue weighted by Crippen LogP contribution is -2.24. The Hall–Kier alpha value is -1.96. The molecule has 8 heteroatoms. The molecule has 0 spiro atoms. The van der Waals surface area contributed by atoms with Crippen LogP contribution >= 0.6 is 15.9 Å². The van der Waals surface area contributed by atoms with Crippen LogP contribution in [0.4, 0.5) is 5.69 Å². The molecule has 0 aliphatic rings. The highest BCUT2D eigenvalue weighted by molar-refractivity contribution is 9.10. The summed E-state index contributed by atoms with van der Waals surface area (Å²) < 4.78 is 6.31. The average Bonchev–Trinajstić information content (AvgIpc) is 2.87. The van der Waals surface area contributed by atoms with Crippen LogP contribution in [0.15, 0.2) is 39.0 Å². The predicted molar refractivity (Wildman–Crippen MR) is 68.0 cm³/mol. The lowest BCUT2D eigenvalue weighted by atomic mass is 10.4. The van der Waals surface area contributed by atoms with Gasteiger partial charge in [0.25, 0.3) is 5.56 Å². The van der Waals surface area contributed by atoms with E-state index in [0.717, 1.165) is 0 Å². The monoisotopic (exact) mass is 311 g/mol. The van der Waals surface area contributed by atoms with Crippen LogP contribution in [0.1, 0.15) is 5.82 Å². The molecule has 0 unspecified atom stereocenters. The third kappa shape index (κ3) is 2.65. The molecule has 18 heavy (non-hydrogen) atoms. The van der Waals surface area contributed by atoms with E-state index in [-0.39, 0.29) is 5.56 Å². The summed E-state index contributed by atoms with van der Waals surface area (Å²) in [5.74, 6) is 0.497. The Morgan fingerprint density at radius 3 is 3.11 bits per heavy atom. The molecule has 0 aliphatic heterocycles. The molecule has 2 rings (SSSR count). The minimum atomic E-state index is -0.229. The number of anilines is 1. The standard InChI is InChI=1S/C10H10BrN5O2/c1-2-3-16-10(17)9(11)7(4-14-16)12-5-8-13-6-18-15-8/h2,4,6,12H,1,3,5H2. The molecule has 0 amide bonds. The smallest absolute Gasteiger partial charge is 0.283 e. The normalized spacial score (nSPS) is 10.3. The largest absolute Gasteiger partial charge is 0.375 e. The molecule has 0 radical (unpaired) electrons. The van der Waals surface area contributed by atoms with E-state index in [2.05, 4.69) is 47.6 Å². The number of nitrogens with one attached hydrogen (secondary N) is 1. The highest BCUT2D eigenvalue weighted by Crippen LogP contribution is 2.16. The van der Waals surface area contributed by atoms with Crippen molar-refractivity contribution in [3.05, 3.63) is 45.9 Å². The maximum absolute atomic E-state index is 11.9. The highest BCUT2D eigenvalue weighted by Gasteiger charge is 2.08. The highest BCUT2D eigenvalue weighted by atomic mass is 79.9. The zero-order valence-corrected chi connectivity index (χ0v) is 10.9. The Bertz CT molecular complexity index is 593. The van der Waals surface area contributed by atoms with E-state index >= 15 is 0 Å². The number of halogens is 1. The van der Waals surface area contributed by atoms with E-state index in [9.17, 15) is 4.79 Å². The first-order chi connectivity index (χ1) is 8.72. The summed E-state index contributed by atoms with van der Waals surface area (Å²) >= 11 is 3.23. The quantitative estimate of drug-likeness (QED) is 0.835. The summed E-state index contributed by atoms with van der Waals surface area (Å²) in [6, 6.07) is 0. The van der Waals surface area contributed by atoms with Gasteiger partial charge in [0.1, 0.15) is 4.47 Å². The van der Waals surface area contributed by atoms with Gasteiger partial charge >= 0.3 is 0 Å². The lowest BCUT2D eigenvalue weighted by molar-refractivity contribution is 0.411. The third-order valence-electron chi connectivity index (χ3n) is 2.13. The van der Waals surface area contributed by atoms with Crippen LogP contribution in [0.5, 0.6) is 0 Å². The Labute approximate surface area is 111 Å². The second-order valence-electron chi connectivity index (χ2n) is 3.35. The Morgan fingerprint density at radius 1 is 1.61 bits per heavy atom. The predicted octanol–water partition coefficient (Wildman–Crippen LogP) is 1.19. The minimum absolute atomic E-state index is 0.229. The van der Waals surface area contributed by atoms with Gasteiger partial charge in [0, 0.05) is 0 Å². The van der Waals surface area contributed by atoms with Gasteiger partial charge < -0.3 is 9.84 Å². The van der Waals surface area contributed by atoms with E-state index in [4.69, 9.17) is 0 Å². The molecule has 0 aliphatic carbocycles. The van der Waals surface area contributed by atoms with Crippen LogP contribution < -0.4 is 10.9 Å². The van der Waals surface area contributed by atoms with Gasteiger partial charge in [-0.05, 0) is 15.9 Å². The van der Waals surface area contributed by atoms with Gasteiger partial charge in [-0.1, -0.05) is 11.2 Å². The van der Waals surface area contributed by atoms with E-state index in [1.807, 2.05) is 0 Å². The molecule has 0 saturated carbocycles. The van der Waals surface area contributed by atoms with Crippen LogP contribution in [0.25, 0.3) is 0 Å². The minimum Gasteiger partial charge on any atom is -0.375 e. The fourth-order valence-electron chi connectivity index (χ4n) is 1.29. The van der Waals surface area contributed by atoms with Crippen molar-refractivity contribution in [1.29, 1.82) is 0 Å². The maximum atomic E-state index is 11.9. The van der Waals surface area contributed by atoms with E-state index in [1.165, 1.54) is 11.1 Å². The van der Waals surface area contributed by atoms with Gasteiger partial charge in [0.2, 0.25) is 6.39 Å². The van der Waals surface area contributed by atoms with Crippen LogP contribution in [0.2, 0.25) is 0 Å². The van der Waals surface area contributed by atoms with Gasteiger partial charge in [0.15, 0.2) is 5.82 Å². The number of aromatic nitrogens is 4. The zero-order valence-electron chi connectivity index (χ0n) is 9.34. The molecule has 7 nitrogen and oxygen atoms in total. The van der Waals surface area contributed by atoms with Gasteiger partial charge in [-0.25, -0.2) is 4.68 Å². The molecular formula is C10H10BrN5O2. The number of hydrogen-bond donors (Lipinski definition) is 1. The van der Waals surface area contributed by atoms with E-state index in [1.54, 1.807) is 12.3 Å². The lowest BCUT2D eigenvalue weighted by Gasteiger charge is -2.07. The summed E-state index contributed by atoms with van der Waals surface area (Å²) in [4.78, 5) is 15.7. The average molecular weight is 312 g/mol. The van der Waals surface area contributed by atoms with Crippen LogP contribution in [0, 0.1) is 0 Å². The second-order valence-corrected chi connectivity index (χ2v) is 4.14. The van der Waals surface area contributed by atoms with Gasteiger partial charge in [-0.3, -0.25) is 4.79 Å². The van der Waals surface area contributed by atoms with Crippen molar-refractivity contribution < 1.29 is 4.52 Å². The number of rotatable bonds is 5. The van der Waals surface area contributed by atoms with Crippen molar-refractivity contribution in [3.63, 3.8) is 0 Å². The zero-order chi connectivity index (χ0) is 13.0. The molecule has 1 N–H and O–H groups in total. The topological polar surface area (TPSA) is 85.8 Å². The number of hydrogen-bond acceptors (Lipinski definition) is 6. The first-order valence-electron chi connectivity index (χ1n) is 5.08. The molecular weight excluding hydrogens is 302 g/mol. The van der Waals surface area contributed by atoms with Crippen molar-refractivity contribution in [2.75, 3.05) is 5.32 Å². The molecule has 2 heterocycles. The molecule has 0 aromatic carbocycles. The Kier molecular flexibility index (Phi) is 3.88. The van der Waals surface area contributed by atoms with Gasteiger partial charge in [-0.2, -0.15) is 10.1 Å². The molecule has 2 aromatic heterocycles. The Morgan fingerprint density at radius 2 is 2.44 bits per heavy atom. The summed E-state index contributed by atoms with van der Waals surface area (Å²) in [5, 5.41) is 10.6. The third-order valence-corrected chi connectivity index (χ3v) is 2.90. The van der Waals surface area contributed by atoms with Crippen molar-refractivity contribution in [2.45, 2.75) is 13.1 Å². The molecule has 0 atom stereocenters. The summed E-state index contributed by atoms with van der Waals surface area (Å²) in [5.41, 5.74) is 0.345. The molecule has 0 fully saturated rings. The fraction of sp³-hybridized carbons (Fsp3) is 0.200. The molecule has 0 saturated heterocycles. The summed E-state index contributed by atoms with van der Waals surface area (Å²) in [6.07, 6.45) is 4.40. The number of nitrogens with zero attached hydrogens (tertiary/aromatic N) is 4. The fourth-order valence-corrected chi connectivity index (χ4v) is 1.73. The maximum Gasteiger partial charge on any atom is 0.283 e. The first kappa shape index (κ1) is 12.5. The van der Waals surface area contributed by atoms with Crippen molar-refractivity contribution in [2.24, 2.45) is 0 Å². The van der Waals surface area contributed by atoms with E-state index < -0.39 is 0 Å². The SMILES string of the molecule is C=CCn1ncc(NCc2ncon2)c(Br)c1=O. The van der Waals surface area contributed by atoms with Crippen molar-refractivity contribution in [1.82, 2.24) is 19.9 Å². The molecule has 2 aromatic rings. The van der Waals surface area contributed by atoms with Gasteiger partial charge in [-0.15, -0.1) is 6.58 Å².